The van der Waals surface area contributed by atoms with Crippen molar-refractivity contribution in [2.24, 2.45) is 0 Å². The van der Waals surface area contributed by atoms with Crippen LogP contribution in [0.2, 0.25) is 0 Å². The highest BCUT2D eigenvalue weighted by Crippen LogP contribution is 2.22. The fourth-order valence-corrected chi connectivity index (χ4v) is 1.90. The summed E-state index contributed by atoms with van der Waals surface area (Å²) in [7, 11) is 1.25. The molecule has 1 saturated heterocycles. The van der Waals surface area contributed by atoms with E-state index in [0.717, 1.165) is 0 Å². The zero-order valence-electron chi connectivity index (χ0n) is 11.3. The van der Waals surface area contributed by atoms with Gasteiger partial charge in [-0.2, -0.15) is 0 Å². The summed E-state index contributed by atoms with van der Waals surface area (Å²) in [6.07, 6.45) is -1.09. The van der Waals surface area contributed by atoms with Gasteiger partial charge in [0.05, 0.1) is 7.11 Å². The van der Waals surface area contributed by atoms with E-state index >= 15 is 0 Å². The lowest BCUT2D eigenvalue weighted by molar-refractivity contribution is -0.158. The number of aliphatic carboxylic acids is 1. The van der Waals surface area contributed by atoms with Gasteiger partial charge in [-0.1, -0.05) is 0 Å². The molecular formula is C12H19NO6. The minimum Gasteiger partial charge on any atom is -0.479 e. The molecule has 1 aliphatic heterocycles. The second-order valence-electron chi connectivity index (χ2n) is 4.66. The highest BCUT2D eigenvalue weighted by molar-refractivity contribution is 5.86. The van der Waals surface area contributed by atoms with E-state index in [1.54, 1.807) is 13.8 Å². The average molecular weight is 273 g/mol. The number of carboxylic acids is 1. The van der Waals surface area contributed by atoms with Crippen molar-refractivity contribution >= 4 is 17.8 Å². The van der Waals surface area contributed by atoms with Gasteiger partial charge in [0.25, 0.3) is 5.91 Å². The molecule has 1 rings (SSSR count). The molecule has 0 unspecified atom stereocenters. The first-order chi connectivity index (χ1) is 8.86. The van der Waals surface area contributed by atoms with Crippen LogP contribution in [0.25, 0.3) is 0 Å². The van der Waals surface area contributed by atoms with Crippen LogP contribution in [0.4, 0.5) is 0 Å². The number of carboxylic acid groups (broad SMARTS) is 1. The molecule has 19 heavy (non-hydrogen) atoms. The number of carbonyl (C=O) groups excluding carboxylic acids is 2. The summed E-state index contributed by atoms with van der Waals surface area (Å²) >= 11 is 0. The first-order valence-corrected chi connectivity index (χ1v) is 6.12. The van der Waals surface area contributed by atoms with Crippen LogP contribution in [-0.4, -0.2) is 59.8 Å². The second-order valence-corrected chi connectivity index (χ2v) is 4.66. The number of carbonyl (C=O) groups is 3. The fraction of sp³-hybridized carbons (Fsp3) is 0.750. The Balaban J connectivity index is 2.68. The lowest BCUT2D eigenvalue weighted by Crippen LogP contribution is -2.46. The summed E-state index contributed by atoms with van der Waals surface area (Å²) in [4.78, 5) is 35.6. The monoisotopic (exact) mass is 273 g/mol. The van der Waals surface area contributed by atoms with Crippen molar-refractivity contribution in [3.63, 3.8) is 0 Å². The minimum atomic E-state index is -1.07. The maximum Gasteiger partial charge on any atom is 0.332 e. The fourth-order valence-electron chi connectivity index (χ4n) is 1.90. The molecule has 0 aromatic carbocycles. The van der Waals surface area contributed by atoms with Gasteiger partial charge in [0.1, 0.15) is 12.6 Å². The second kappa shape index (κ2) is 6.51. The van der Waals surface area contributed by atoms with Crippen LogP contribution in [0.3, 0.4) is 0 Å². The van der Waals surface area contributed by atoms with Gasteiger partial charge in [-0.3, -0.25) is 9.59 Å². The number of hydrogen-bond acceptors (Lipinski definition) is 5. The topological polar surface area (TPSA) is 93.1 Å². The number of methoxy groups -OCH3 is 1. The van der Waals surface area contributed by atoms with Crippen LogP contribution >= 0.6 is 0 Å². The summed E-state index contributed by atoms with van der Waals surface area (Å²) in [6.45, 7) is 3.37. The molecule has 1 aliphatic rings. The van der Waals surface area contributed by atoms with E-state index in [-0.39, 0.29) is 18.5 Å². The normalized spacial score (nSPS) is 22.3. The predicted octanol–water partition coefficient (Wildman–Crippen LogP) is 0.0286. The highest BCUT2D eigenvalue weighted by atomic mass is 16.5. The number of hydrogen-bond donors (Lipinski definition) is 1. The van der Waals surface area contributed by atoms with Crippen LogP contribution in [-0.2, 0) is 23.9 Å². The smallest absolute Gasteiger partial charge is 0.332 e. The molecule has 7 nitrogen and oxygen atoms in total. The number of nitrogens with zero attached hydrogens (tertiary/aromatic N) is 1. The molecule has 0 spiro atoms. The molecule has 0 bridgehead atoms. The van der Waals surface area contributed by atoms with Gasteiger partial charge in [-0.15, -0.1) is 0 Å². The summed E-state index contributed by atoms with van der Waals surface area (Å²) in [6, 6.07) is -0.195. The van der Waals surface area contributed by atoms with Gasteiger partial charge in [-0.25, -0.2) is 4.79 Å². The molecule has 1 fully saturated rings. The summed E-state index contributed by atoms with van der Waals surface area (Å²) in [5, 5.41) is 8.82. The quantitative estimate of drug-likeness (QED) is 0.710. The third-order valence-electron chi connectivity index (χ3n) is 3.00. The Hall–Kier alpha value is -1.63. The minimum absolute atomic E-state index is 0.162. The van der Waals surface area contributed by atoms with Crippen molar-refractivity contribution in [1.82, 2.24) is 4.90 Å². The lowest BCUT2D eigenvalue weighted by Gasteiger charge is -2.27. The van der Waals surface area contributed by atoms with E-state index in [1.807, 2.05) is 0 Å². The molecule has 0 aromatic heterocycles. The van der Waals surface area contributed by atoms with Crippen LogP contribution in [0.1, 0.15) is 26.7 Å². The highest BCUT2D eigenvalue weighted by Gasteiger charge is 2.37. The Morgan fingerprint density at radius 2 is 1.89 bits per heavy atom. The Morgan fingerprint density at radius 1 is 1.32 bits per heavy atom. The number of rotatable bonds is 5. The number of ether oxygens (including phenoxy) is 2. The maximum absolute atomic E-state index is 12.2. The maximum atomic E-state index is 12.2. The van der Waals surface area contributed by atoms with E-state index in [4.69, 9.17) is 9.84 Å². The van der Waals surface area contributed by atoms with Crippen molar-refractivity contribution in [2.45, 2.75) is 44.9 Å². The van der Waals surface area contributed by atoms with Crippen molar-refractivity contribution in [3.8, 4) is 0 Å². The first-order valence-electron chi connectivity index (χ1n) is 6.12. The van der Waals surface area contributed by atoms with Crippen molar-refractivity contribution in [1.29, 1.82) is 0 Å². The van der Waals surface area contributed by atoms with Crippen LogP contribution in [0.15, 0.2) is 0 Å². The number of amides is 1. The van der Waals surface area contributed by atoms with Gasteiger partial charge < -0.3 is 19.5 Å². The van der Waals surface area contributed by atoms with Gasteiger partial charge in [0.15, 0.2) is 6.10 Å². The molecule has 7 heteroatoms. The summed E-state index contributed by atoms with van der Waals surface area (Å²) < 4.78 is 9.72. The van der Waals surface area contributed by atoms with Gasteiger partial charge in [-0.05, 0) is 26.7 Å². The van der Waals surface area contributed by atoms with Gasteiger partial charge in [0, 0.05) is 6.04 Å². The lowest BCUT2D eigenvalue weighted by atomic mass is 10.1. The molecule has 1 N–H and O–H groups in total. The van der Waals surface area contributed by atoms with E-state index in [0.29, 0.717) is 12.8 Å². The van der Waals surface area contributed by atoms with E-state index < -0.39 is 24.1 Å². The molecular weight excluding hydrogens is 254 g/mol. The van der Waals surface area contributed by atoms with E-state index in [1.165, 1.54) is 12.0 Å². The predicted molar refractivity (Wildman–Crippen MR) is 64.4 cm³/mol. The third kappa shape index (κ3) is 3.92. The Bertz CT molecular complexity index is 367. The van der Waals surface area contributed by atoms with Crippen LogP contribution in [0.5, 0.6) is 0 Å². The Labute approximate surface area is 111 Å². The Kier molecular flexibility index (Phi) is 5.29. The first kappa shape index (κ1) is 15.4. The van der Waals surface area contributed by atoms with Crippen molar-refractivity contribution in [2.75, 3.05) is 13.7 Å². The van der Waals surface area contributed by atoms with Crippen LogP contribution in [0, 0.1) is 0 Å². The van der Waals surface area contributed by atoms with E-state index in [2.05, 4.69) is 4.74 Å². The summed E-state index contributed by atoms with van der Waals surface area (Å²) in [5.41, 5.74) is 0. The number of esters is 1. The van der Waals surface area contributed by atoms with Crippen LogP contribution < -0.4 is 0 Å². The molecule has 0 radical (unpaired) electrons. The SMILES string of the molecule is COC(=O)CN(C(=O)[C@@H]1CC[C@H](C(=O)O)O1)C(C)C. The zero-order chi connectivity index (χ0) is 14.6. The molecule has 0 aliphatic carbocycles. The largest absolute Gasteiger partial charge is 0.479 e. The Morgan fingerprint density at radius 3 is 2.32 bits per heavy atom. The molecule has 108 valence electrons. The third-order valence-corrected chi connectivity index (χ3v) is 3.00. The van der Waals surface area contributed by atoms with Crippen molar-refractivity contribution in [3.05, 3.63) is 0 Å². The average Bonchev–Trinajstić information content (AvgIpc) is 2.84. The molecule has 2 atom stereocenters. The van der Waals surface area contributed by atoms with Gasteiger partial charge in [0.2, 0.25) is 0 Å². The van der Waals surface area contributed by atoms with Crippen molar-refractivity contribution < 1.29 is 29.0 Å². The molecule has 1 heterocycles. The standard InChI is InChI=1S/C12H19NO6/c1-7(2)13(6-10(14)18-3)11(15)8-4-5-9(19-8)12(16)17/h7-9H,4-6H2,1-3H3,(H,16,17)/t8-,9+/m0/s1. The van der Waals surface area contributed by atoms with Gasteiger partial charge >= 0.3 is 11.9 Å². The molecule has 0 saturated carbocycles. The summed E-state index contributed by atoms with van der Waals surface area (Å²) in [5.74, 6) is -1.96. The molecule has 1 amide bonds. The zero-order valence-corrected chi connectivity index (χ0v) is 11.3. The van der Waals surface area contributed by atoms with E-state index in [9.17, 15) is 14.4 Å². The molecule has 0 aromatic rings.